The van der Waals surface area contributed by atoms with Gasteiger partial charge < -0.3 is 15.0 Å². The zero-order valence-corrected chi connectivity index (χ0v) is 18.1. The first-order valence-electron chi connectivity index (χ1n) is 9.64. The Kier molecular flexibility index (Phi) is 6.50. The summed E-state index contributed by atoms with van der Waals surface area (Å²) in [7, 11) is 0. The number of hydrazone groups is 1. The predicted molar refractivity (Wildman–Crippen MR) is 123 cm³/mol. The molecule has 9 heteroatoms. The third kappa shape index (κ3) is 5.31. The Labute approximate surface area is 183 Å². The monoisotopic (exact) mass is 467 g/mol. The van der Waals surface area contributed by atoms with E-state index in [-0.39, 0.29) is 0 Å². The van der Waals surface area contributed by atoms with E-state index in [0.29, 0.717) is 31.1 Å². The highest BCUT2D eigenvalue weighted by Gasteiger charge is 2.17. The maximum Gasteiger partial charge on any atom is 0.250 e. The normalized spacial score (nSPS) is 14.5. The number of benzene rings is 2. The van der Waals surface area contributed by atoms with Gasteiger partial charge in [-0.15, -0.1) is 0 Å². The van der Waals surface area contributed by atoms with Gasteiger partial charge in [-0.1, -0.05) is 52.3 Å². The average molecular weight is 468 g/mol. The fraction of sp³-hybridized carbons (Fsp3) is 0.238. The van der Waals surface area contributed by atoms with Gasteiger partial charge in [-0.3, -0.25) is 0 Å². The lowest BCUT2D eigenvalue weighted by Gasteiger charge is -2.27. The van der Waals surface area contributed by atoms with Gasteiger partial charge >= 0.3 is 0 Å². The highest BCUT2D eigenvalue weighted by Crippen LogP contribution is 2.21. The molecule has 1 aliphatic heterocycles. The molecule has 0 aliphatic carbocycles. The molecule has 1 saturated heterocycles. The first-order valence-corrected chi connectivity index (χ1v) is 10.4. The maximum atomic E-state index is 5.45. The molecule has 0 unspecified atom stereocenters. The summed E-state index contributed by atoms with van der Waals surface area (Å²) in [5, 5.41) is 7.69. The summed E-state index contributed by atoms with van der Waals surface area (Å²) in [6.07, 6.45) is 0. The SMILES string of the molecule is CC(=NNc1nc(Nc2cccc(Br)c2)nc(N2CCOCC2)n1)c1ccccc1. The zero-order valence-electron chi connectivity index (χ0n) is 16.5. The quantitative estimate of drug-likeness (QED) is 0.417. The van der Waals surface area contributed by atoms with Gasteiger partial charge in [0, 0.05) is 23.2 Å². The molecule has 0 bridgehead atoms. The number of morpholine rings is 1. The fourth-order valence-corrected chi connectivity index (χ4v) is 3.35. The van der Waals surface area contributed by atoms with Crippen molar-refractivity contribution in [3.05, 3.63) is 64.6 Å². The Morgan fingerprint density at radius 1 is 1.00 bits per heavy atom. The molecule has 1 fully saturated rings. The van der Waals surface area contributed by atoms with Gasteiger partial charge in [-0.05, 0) is 30.7 Å². The summed E-state index contributed by atoms with van der Waals surface area (Å²) in [5.74, 6) is 1.40. The number of nitrogens with zero attached hydrogens (tertiary/aromatic N) is 5. The van der Waals surface area contributed by atoms with Crippen molar-refractivity contribution in [1.82, 2.24) is 15.0 Å². The molecule has 2 heterocycles. The third-order valence-corrected chi connectivity index (χ3v) is 5.01. The van der Waals surface area contributed by atoms with Gasteiger partial charge in [-0.25, -0.2) is 5.43 Å². The van der Waals surface area contributed by atoms with E-state index < -0.39 is 0 Å². The Balaban J connectivity index is 1.61. The first kappa shape index (κ1) is 20.2. The van der Waals surface area contributed by atoms with Crippen LogP contribution in [-0.2, 0) is 4.74 Å². The van der Waals surface area contributed by atoms with Crippen molar-refractivity contribution in [1.29, 1.82) is 0 Å². The number of anilines is 4. The van der Waals surface area contributed by atoms with Crippen molar-refractivity contribution in [3.8, 4) is 0 Å². The Bertz CT molecular complexity index is 1020. The van der Waals surface area contributed by atoms with Crippen LogP contribution in [0.25, 0.3) is 0 Å². The van der Waals surface area contributed by atoms with E-state index in [1.807, 2.05) is 61.5 Å². The summed E-state index contributed by atoms with van der Waals surface area (Å²) >= 11 is 3.48. The highest BCUT2D eigenvalue weighted by molar-refractivity contribution is 9.10. The van der Waals surface area contributed by atoms with Crippen LogP contribution in [-0.4, -0.2) is 47.0 Å². The topological polar surface area (TPSA) is 87.6 Å². The number of rotatable bonds is 6. The molecule has 2 aromatic carbocycles. The largest absolute Gasteiger partial charge is 0.378 e. The first-order chi connectivity index (χ1) is 14.7. The minimum atomic E-state index is 0.374. The van der Waals surface area contributed by atoms with Crippen LogP contribution >= 0.6 is 15.9 Å². The van der Waals surface area contributed by atoms with Crippen LogP contribution in [0.5, 0.6) is 0 Å². The summed E-state index contributed by atoms with van der Waals surface area (Å²) in [4.78, 5) is 15.7. The van der Waals surface area contributed by atoms with E-state index in [4.69, 9.17) is 4.74 Å². The molecule has 0 atom stereocenters. The molecule has 0 saturated carbocycles. The molecule has 4 rings (SSSR count). The third-order valence-electron chi connectivity index (χ3n) is 4.51. The van der Waals surface area contributed by atoms with Crippen molar-refractivity contribution >= 4 is 45.2 Å². The Morgan fingerprint density at radius 2 is 1.77 bits per heavy atom. The van der Waals surface area contributed by atoms with E-state index in [2.05, 4.69) is 51.6 Å². The zero-order chi connectivity index (χ0) is 20.8. The van der Waals surface area contributed by atoms with Gasteiger partial charge in [0.05, 0.1) is 18.9 Å². The van der Waals surface area contributed by atoms with Crippen molar-refractivity contribution < 1.29 is 4.74 Å². The van der Waals surface area contributed by atoms with E-state index in [0.717, 1.165) is 34.5 Å². The number of ether oxygens (including phenoxy) is 1. The lowest BCUT2D eigenvalue weighted by atomic mass is 10.1. The lowest BCUT2D eigenvalue weighted by molar-refractivity contribution is 0.122. The lowest BCUT2D eigenvalue weighted by Crippen LogP contribution is -2.37. The molecule has 1 aromatic heterocycles. The number of halogens is 1. The van der Waals surface area contributed by atoms with Gasteiger partial charge in [0.15, 0.2) is 0 Å². The van der Waals surface area contributed by atoms with E-state index in [1.54, 1.807) is 0 Å². The molecule has 0 spiro atoms. The Morgan fingerprint density at radius 3 is 2.53 bits per heavy atom. The van der Waals surface area contributed by atoms with Crippen molar-refractivity contribution in [3.63, 3.8) is 0 Å². The summed E-state index contributed by atoms with van der Waals surface area (Å²) < 4.78 is 6.42. The van der Waals surface area contributed by atoms with Gasteiger partial charge in [0.1, 0.15) is 0 Å². The molecule has 0 amide bonds. The van der Waals surface area contributed by atoms with E-state index >= 15 is 0 Å². The number of nitrogens with one attached hydrogen (secondary N) is 2. The highest BCUT2D eigenvalue weighted by atomic mass is 79.9. The molecule has 2 N–H and O–H groups in total. The molecule has 3 aromatic rings. The molecular formula is C21H22BrN7O. The number of aromatic nitrogens is 3. The predicted octanol–water partition coefficient (Wildman–Crippen LogP) is 4.05. The van der Waals surface area contributed by atoms with Gasteiger partial charge in [0.25, 0.3) is 0 Å². The second-order valence-electron chi connectivity index (χ2n) is 6.69. The van der Waals surface area contributed by atoms with Gasteiger partial charge in [0.2, 0.25) is 17.8 Å². The number of hydrogen-bond donors (Lipinski definition) is 2. The molecule has 30 heavy (non-hydrogen) atoms. The van der Waals surface area contributed by atoms with Crippen LogP contribution in [0.1, 0.15) is 12.5 Å². The fourth-order valence-electron chi connectivity index (χ4n) is 2.95. The second kappa shape index (κ2) is 9.64. The summed E-state index contributed by atoms with van der Waals surface area (Å²) in [6.45, 7) is 4.69. The molecule has 154 valence electrons. The molecular weight excluding hydrogens is 446 g/mol. The minimum absolute atomic E-state index is 0.374. The van der Waals surface area contributed by atoms with Crippen LogP contribution in [0, 0.1) is 0 Å². The molecule has 8 nitrogen and oxygen atoms in total. The smallest absolute Gasteiger partial charge is 0.250 e. The molecule has 1 aliphatic rings. The van der Waals surface area contributed by atoms with Crippen molar-refractivity contribution in [2.24, 2.45) is 5.10 Å². The van der Waals surface area contributed by atoms with Crippen LogP contribution < -0.4 is 15.6 Å². The van der Waals surface area contributed by atoms with Crippen molar-refractivity contribution in [2.45, 2.75) is 6.92 Å². The average Bonchev–Trinajstić information content (AvgIpc) is 2.78. The van der Waals surface area contributed by atoms with Crippen LogP contribution in [0.3, 0.4) is 0 Å². The number of hydrogen-bond acceptors (Lipinski definition) is 8. The van der Waals surface area contributed by atoms with Crippen LogP contribution in [0.15, 0.2) is 64.2 Å². The maximum absolute atomic E-state index is 5.45. The van der Waals surface area contributed by atoms with Crippen LogP contribution in [0.2, 0.25) is 0 Å². The second-order valence-corrected chi connectivity index (χ2v) is 7.61. The molecule has 0 radical (unpaired) electrons. The Hall–Kier alpha value is -3.04. The standard InChI is InChI=1S/C21H22BrN7O/c1-15(16-6-3-2-4-7-16)27-28-20-24-19(23-18-9-5-8-17(22)14-18)25-21(26-20)29-10-12-30-13-11-29/h2-9,14H,10-13H2,1H3,(H2,23,24,25,26,28). The minimum Gasteiger partial charge on any atom is -0.378 e. The van der Waals surface area contributed by atoms with Crippen molar-refractivity contribution in [2.75, 3.05) is 41.9 Å². The summed E-state index contributed by atoms with van der Waals surface area (Å²) in [6, 6.07) is 17.8. The van der Waals surface area contributed by atoms with Crippen LogP contribution in [0.4, 0.5) is 23.5 Å². The van der Waals surface area contributed by atoms with E-state index in [9.17, 15) is 0 Å². The van der Waals surface area contributed by atoms with Gasteiger partial charge in [-0.2, -0.15) is 20.1 Å². The summed E-state index contributed by atoms with van der Waals surface area (Å²) in [5.41, 5.74) is 5.72. The van der Waals surface area contributed by atoms with E-state index in [1.165, 1.54) is 0 Å².